The van der Waals surface area contributed by atoms with Gasteiger partial charge in [-0.1, -0.05) is 70.6 Å². The molecule has 7 N–H and O–H groups in total. The molecule has 0 saturated heterocycles. The minimum atomic E-state index is -0.887. The molecule has 0 saturated carbocycles. The van der Waals surface area contributed by atoms with E-state index in [-0.39, 0.29) is 69.4 Å². The minimum Gasteiger partial charge on any atom is -0.494 e. The van der Waals surface area contributed by atoms with E-state index >= 15 is 0 Å². The van der Waals surface area contributed by atoms with E-state index in [2.05, 4.69) is 16.0 Å². The van der Waals surface area contributed by atoms with Gasteiger partial charge in [0.15, 0.2) is 5.88 Å². The van der Waals surface area contributed by atoms with Crippen LogP contribution in [0.2, 0.25) is 0 Å². The first kappa shape index (κ1) is 46.0. The van der Waals surface area contributed by atoms with E-state index in [1.807, 2.05) is 0 Å². The van der Waals surface area contributed by atoms with Crippen molar-refractivity contribution in [2.45, 2.75) is 133 Å². The number of thioether (sulfide) groups is 1. The van der Waals surface area contributed by atoms with Crippen LogP contribution in [0, 0.1) is 0 Å². The number of aromatic nitrogens is 1. The van der Waals surface area contributed by atoms with E-state index in [9.17, 15) is 29.4 Å². The Kier molecular flexibility index (Phi) is 27.6. The molecule has 0 aromatic carbocycles. The first-order valence-corrected chi connectivity index (χ1v) is 19.7. The topological polar surface area (TPSA) is 209 Å². The van der Waals surface area contributed by atoms with Crippen molar-refractivity contribution in [1.29, 1.82) is 0 Å². The van der Waals surface area contributed by atoms with Crippen LogP contribution >= 0.6 is 11.8 Å². The molecule has 1 atom stereocenters. The maximum absolute atomic E-state index is 12.2. The number of carboxylic acid groups (broad SMARTS) is 2. The predicted octanol–water partition coefficient (Wildman–Crippen LogP) is 5.04. The number of aromatic hydroxyl groups is 2. The van der Waals surface area contributed by atoms with Crippen LogP contribution in [0.25, 0.3) is 0 Å². The average Bonchev–Trinajstić information content (AvgIpc) is 3.36. The number of ether oxygens (including phenoxy) is 2. The van der Waals surface area contributed by atoms with E-state index in [0.717, 1.165) is 37.9 Å². The summed E-state index contributed by atoms with van der Waals surface area (Å²) in [4.78, 5) is 46.1. The fraction of sp³-hybridized carbons (Fsp3) is 0.778. The highest BCUT2D eigenvalue weighted by atomic mass is 32.2. The molecular formula is C36H64N4O10S. The normalized spacial score (nSPS) is 11.8. The molecule has 0 fully saturated rings. The van der Waals surface area contributed by atoms with Crippen LogP contribution in [0.3, 0.4) is 0 Å². The molecule has 0 bridgehead atoms. The third-order valence-electron chi connectivity index (χ3n) is 8.43. The minimum absolute atomic E-state index is 0.0269. The maximum Gasteiger partial charge on any atom is 0.320 e. The molecule has 1 rings (SSSR count). The van der Waals surface area contributed by atoms with Crippen LogP contribution in [-0.2, 0) is 35.2 Å². The Balaban J connectivity index is 2.00. The zero-order valence-electron chi connectivity index (χ0n) is 30.6. The van der Waals surface area contributed by atoms with Gasteiger partial charge in [0.25, 0.3) is 0 Å². The number of hydrogen-bond donors (Lipinski definition) is 7. The molecule has 2 amide bonds. The summed E-state index contributed by atoms with van der Waals surface area (Å²) in [5.41, 5.74) is 0. The number of likely N-dealkylation sites (N-methyl/N-ethyl adjacent to an activating group) is 1. The predicted molar refractivity (Wildman–Crippen MR) is 197 cm³/mol. The van der Waals surface area contributed by atoms with Crippen molar-refractivity contribution in [2.75, 3.05) is 52.3 Å². The fourth-order valence-corrected chi connectivity index (χ4v) is 6.42. The van der Waals surface area contributed by atoms with Gasteiger partial charge in [0.05, 0.1) is 24.7 Å². The quantitative estimate of drug-likeness (QED) is 0.0361. The lowest BCUT2D eigenvalue weighted by molar-refractivity contribution is -0.139. The molecule has 1 aromatic rings. The summed E-state index contributed by atoms with van der Waals surface area (Å²) in [5.74, 6) is -1.33. The monoisotopic (exact) mass is 744 g/mol. The van der Waals surface area contributed by atoms with Gasteiger partial charge in [-0.25, -0.2) is 0 Å². The number of carbonyl (C=O) groups is 4. The van der Waals surface area contributed by atoms with Gasteiger partial charge in [0.1, 0.15) is 12.6 Å². The number of nitrogens with zero attached hydrogens (tertiary/aromatic N) is 1. The van der Waals surface area contributed by atoms with Crippen molar-refractivity contribution >= 4 is 35.5 Å². The average molecular weight is 745 g/mol. The molecule has 15 heteroatoms. The van der Waals surface area contributed by atoms with Gasteiger partial charge in [-0.2, -0.15) is 0 Å². The number of amides is 2. The number of carbonyl (C=O) groups excluding carboxylic acids is 2. The summed E-state index contributed by atoms with van der Waals surface area (Å²) >= 11 is 1.51. The second kappa shape index (κ2) is 30.6. The molecule has 0 aliphatic rings. The number of rotatable bonds is 35. The van der Waals surface area contributed by atoms with E-state index in [1.54, 1.807) is 7.05 Å². The zero-order chi connectivity index (χ0) is 37.5. The first-order valence-electron chi connectivity index (χ1n) is 18.7. The molecule has 14 nitrogen and oxygen atoms in total. The largest absolute Gasteiger partial charge is 0.494 e. The first-order chi connectivity index (χ1) is 24.6. The van der Waals surface area contributed by atoms with Gasteiger partial charge < -0.3 is 45.9 Å². The van der Waals surface area contributed by atoms with Crippen molar-refractivity contribution in [1.82, 2.24) is 20.5 Å². The molecule has 51 heavy (non-hydrogen) atoms. The Morgan fingerprint density at radius 3 is 1.92 bits per heavy atom. The zero-order valence-corrected chi connectivity index (χ0v) is 31.4. The Bertz CT molecular complexity index is 1100. The number of carboxylic acids is 2. The standard InChI is InChI=1S/C36H64N4O10S/c1-37-29(36(47)48)17-14-15-20-38-32(42)28-50-25-24-49-23-21-39-31(41)19-22-40-33(43)27-30(35(40)46)51-26-16-12-10-8-6-4-2-3-5-7-9-11-13-18-34(44)45/h27,29,37,43,46H,2-26,28H2,1H3,(H,38,42)(H,39,41)(H,44,45)(H,47,48)/t29-/m0/s1. The highest BCUT2D eigenvalue weighted by Gasteiger charge is 2.16. The Labute approximate surface area is 307 Å². The summed E-state index contributed by atoms with van der Waals surface area (Å²) in [5, 5.41) is 46.7. The summed E-state index contributed by atoms with van der Waals surface area (Å²) in [6, 6.07) is 0.956. The maximum atomic E-state index is 12.2. The molecule has 294 valence electrons. The second-order valence-electron chi connectivity index (χ2n) is 12.7. The lowest BCUT2D eigenvalue weighted by Crippen LogP contribution is -2.34. The van der Waals surface area contributed by atoms with E-state index < -0.39 is 18.0 Å². The van der Waals surface area contributed by atoms with Crippen LogP contribution in [-0.4, -0.2) is 107 Å². The van der Waals surface area contributed by atoms with Crippen LogP contribution in [0.15, 0.2) is 11.0 Å². The van der Waals surface area contributed by atoms with Crippen molar-refractivity contribution < 1.29 is 49.1 Å². The highest BCUT2D eigenvalue weighted by Crippen LogP contribution is 2.36. The van der Waals surface area contributed by atoms with Crippen LogP contribution in [0.5, 0.6) is 11.8 Å². The lowest BCUT2D eigenvalue weighted by Gasteiger charge is -2.11. The van der Waals surface area contributed by atoms with Gasteiger partial charge in [0.2, 0.25) is 17.7 Å². The molecule has 0 unspecified atom stereocenters. The summed E-state index contributed by atoms with van der Waals surface area (Å²) < 4.78 is 12.0. The van der Waals surface area contributed by atoms with E-state index in [4.69, 9.17) is 19.7 Å². The summed E-state index contributed by atoms with van der Waals surface area (Å²) in [6.07, 6.45) is 17.2. The molecular weight excluding hydrogens is 680 g/mol. The number of unbranched alkanes of at least 4 members (excludes halogenated alkanes) is 13. The Hall–Kier alpha value is -3.01. The highest BCUT2D eigenvalue weighted by molar-refractivity contribution is 7.99. The van der Waals surface area contributed by atoms with Crippen molar-refractivity contribution in [3.63, 3.8) is 0 Å². The third kappa shape index (κ3) is 24.8. The Morgan fingerprint density at radius 1 is 0.725 bits per heavy atom. The second-order valence-corrected chi connectivity index (χ2v) is 13.9. The summed E-state index contributed by atoms with van der Waals surface area (Å²) in [7, 11) is 1.60. The number of hydrogen-bond acceptors (Lipinski definition) is 10. The molecule has 1 heterocycles. The van der Waals surface area contributed by atoms with Crippen LogP contribution in [0.1, 0.15) is 116 Å². The van der Waals surface area contributed by atoms with Gasteiger partial charge in [-0.15, -0.1) is 11.8 Å². The van der Waals surface area contributed by atoms with Gasteiger partial charge >= 0.3 is 11.9 Å². The van der Waals surface area contributed by atoms with Crippen LogP contribution < -0.4 is 16.0 Å². The van der Waals surface area contributed by atoms with Gasteiger partial charge in [-0.3, -0.25) is 23.7 Å². The lowest BCUT2D eigenvalue weighted by atomic mass is 10.0. The molecule has 1 aromatic heterocycles. The SMILES string of the molecule is CN[C@@H](CCCCNC(=O)COCCOCCNC(=O)CCn1c(O)cc(SCCCCCCCCCCCCCCCC(=O)O)c1O)C(=O)O. The number of aliphatic carboxylic acids is 2. The summed E-state index contributed by atoms with van der Waals surface area (Å²) in [6.45, 7) is 1.54. The third-order valence-corrected chi connectivity index (χ3v) is 9.53. The van der Waals surface area contributed by atoms with E-state index in [1.165, 1.54) is 73.8 Å². The van der Waals surface area contributed by atoms with Crippen molar-refractivity contribution in [3.8, 4) is 11.8 Å². The molecule has 0 aliphatic carbocycles. The van der Waals surface area contributed by atoms with Gasteiger partial charge in [0, 0.05) is 38.5 Å². The molecule has 0 spiro atoms. The number of nitrogens with one attached hydrogen (secondary N) is 3. The van der Waals surface area contributed by atoms with Crippen molar-refractivity contribution in [2.24, 2.45) is 0 Å². The molecule has 0 radical (unpaired) electrons. The van der Waals surface area contributed by atoms with Crippen LogP contribution in [0.4, 0.5) is 0 Å². The van der Waals surface area contributed by atoms with Gasteiger partial charge in [-0.05, 0) is 44.9 Å². The van der Waals surface area contributed by atoms with E-state index in [0.29, 0.717) is 37.2 Å². The Morgan fingerprint density at radius 2 is 1.31 bits per heavy atom. The van der Waals surface area contributed by atoms with Crippen molar-refractivity contribution in [3.05, 3.63) is 6.07 Å². The molecule has 0 aliphatic heterocycles. The fourth-order valence-electron chi connectivity index (χ4n) is 5.43. The smallest absolute Gasteiger partial charge is 0.320 e.